The van der Waals surface area contributed by atoms with Crippen molar-refractivity contribution < 1.29 is 18.8 Å². The molecule has 2 bridgehead atoms. The minimum atomic E-state index is -0.697. The van der Waals surface area contributed by atoms with Crippen molar-refractivity contribution in [3.63, 3.8) is 0 Å². The van der Waals surface area contributed by atoms with Gasteiger partial charge in [0.25, 0.3) is 0 Å². The van der Waals surface area contributed by atoms with E-state index in [0.717, 1.165) is 11.1 Å². The molecule has 156 valence electrons. The molecule has 1 aromatic heterocycles. The second-order valence-electron chi connectivity index (χ2n) is 8.71. The minimum absolute atomic E-state index is 0.00705. The highest BCUT2D eigenvalue weighted by Gasteiger charge is 2.67. The van der Waals surface area contributed by atoms with Crippen LogP contribution in [0.5, 0.6) is 0 Å². The normalized spacial score (nSPS) is 29.0. The average Bonchev–Trinajstić information content (AvgIpc) is 3.44. The van der Waals surface area contributed by atoms with Crippen LogP contribution < -0.4 is 0 Å². The number of nitrogens with zero attached hydrogens (tertiary/aromatic N) is 3. The maximum absolute atomic E-state index is 13.4. The summed E-state index contributed by atoms with van der Waals surface area (Å²) in [7, 11) is 1.73. The fourth-order valence-corrected chi connectivity index (χ4v) is 5.09. The maximum atomic E-state index is 13.4. The first-order valence-electron chi connectivity index (χ1n) is 10.2. The fraction of sp³-hybridized carbons (Fsp3) is 0.435. The third kappa shape index (κ3) is 2.96. The van der Waals surface area contributed by atoms with Crippen molar-refractivity contribution in [3.8, 4) is 0 Å². The Bertz CT molecular complexity index is 1040. The number of hydrogen-bond acceptors (Lipinski definition) is 5. The number of carbonyl (C=O) groups is 2. The number of rotatable bonds is 5. The van der Waals surface area contributed by atoms with Crippen LogP contribution in [0.25, 0.3) is 0 Å². The topological polar surface area (TPSA) is 75.9 Å². The van der Waals surface area contributed by atoms with Gasteiger partial charge in [0.2, 0.25) is 11.8 Å². The van der Waals surface area contributed by atoms with Gasteiger partial charge in [0, 0.05) is 19.7 Å². The number of benzene rings is 1. The van der Waals surface area contributed by atoms with Gasteiger partial charge in [-0.3, -0.25) is 9.59 Å². The SMILES string of the molecule is Cc1cccc(CN2C[C@]34C=C[C@H](O3)[C@H](C(=O)N(C)Cc3cc(C)on3)[C@@H]4C2=O)c1. The van der Waals surface area contributed by atoms with Crippen LogP contribution in [0.3, 0.4) is 0 Å². The molecule has 0 saturated carbocycles. The smallest absolute Gasteiger partial charge is 0.230 e. The second kappa shape index (κ2) is 6.80. The highest BCUT2D eigenvalue weighted by Crippen LogP contribution is 2.52. The molecule has 0 N–H and O–H groups in total. The van der Waals surface area contributed by atoms with Crippen molar-refractivity contribution in [1.82, 2.24) is 15.0 Å². The van der Waals surface area contributed by atoms with Gasteiger partial charge in [-0.05, 0) is 19.4 Å². The molecule has 3 aliphatic rings. The van der Waals surface area contributed by atoms with E-state index in [1.807, 2.05) is 55.2 Å². The Morgan fingerprint density at radius 3 is 2.90 bits per heavy atom. The minimum Gasteiger partial charge on any atom is -0.361 e. The van der Waals surface area contributed by atoms with Crippen LogP contribution in [0.1, 0.15) is 22.6 Å². The summed E-state index contributed by atoms with van der Waals surface area (Å²) in [5.41, 5.74) is 2.24. The average molecular weight is 407 g/mol. The number of ether oxygens (including phenoxy) is 1. The van der Waals surface area contributed by atoms with Gasteiger partial charge in [0.1, 0.15) is 17.1 Å². The molecule has 2 saturated heterocycles. The number of fused-ring (bicyclic) bond motifs is 1. The molecule has 7 nitrogen and oxygen atoms in total. The molecule has 5 rings (SSSR count). The zero-order valence-electron chi connectivity index (χ0n) is 17.4. The second-order valence-corrected chi connectivity index (χ2v) is 8.71. The monoisotopic (exact) mass is 407 g/mol. The number of aromatic nitrogens is 1. The van der Waals surface area contributed by atoms with E-state index >= 15 is 0 Å². The van der Waals surface area contributed by atoms with E-state index in [-0.39, 0.29) is 17.9 Å². The quantitative estimate of drug-likeness (QED) is 0.711. The summed E-state index contributed by atoms with van der Waals surface area (Å²) < 4.78 is 11.3. The lowest BCUT2D eigenvalue weighted by Crippen LogP contribution is -2.44. The van der Waals surface area contributed by atoms with E-state index in [1.54, 1.807) is 11.9 Å². The van der Waals surface area contributed by atoms with E-state index in [2.05, 4.69) is 11.2 Å². The molecular formula is C23H25N3O4. The van der Waals surface area contributed by atoms with Gasteiger partial charge >= 0.3 is 0 Å². The first kappa shape index (κ1) is 19.1. The third-order valence-electron chi connectivity index (χ3n) is 6.37. The lowest BCUT2D eigenvalue weighted by molar-refractivity contribution is -0.143. The van der Waals surface area contributed by atoms with Crippen molar-refractivity contribution >= 4 is 11.8 Å². The first-order chi connectivity index (χ1) is 14.4. The largest absolute Gasteiger partial charge is 0.361 e. The summed E-state index contributed by atoms with van der Waals surface area (Å²) in [5, 5.41) is 3.97. The summed E-state index contributed by atoms with van der Waals surface area (Å²) in [6.45, 7) is 5.20. The van der Waals surface area contributed by atoms with Crippen molar-refractivity contribution in [2.24, 2.45) is 11.8 Å². The molecule has 4 atom stereocenters. The van der Waals surface area contributed by atoms with Crippen molar-refractivity contribution in [2.75, 3.05) is 13.6 Å². The number of likely N-dealkylation sites (tertiary alicyclic amines) is 1. The molecule has 2 amide bonds. The Labute approximate surface area is 175 Å². The number of aryl methyl sites for hydroxylation is 2. The van der Waals surface area contributed by atoms with Crippen LogP contribution >= 0.6 is 0 Å². The van der Waals surface area contributed by atoms with Gasteiger partial charge in [-0.15, -0.1) is 0 Å². The van der Waals surface area contributed by atoms with Gasteiger partial charge in [-0.1, -0.05) is 47.1 Å². The molecule has 7 heteroatoms. The molecule has 1 spiro atoms. The zero-order valence-corrected chi connectivity index (χ0v) is 17.4. The van der Waals surface area contributed by atoms with Gasteiger partial charge in [0.15, 0.2) is 0 Å². The van der Waals surface area contributed by atoms with Crippen molar-refractivity contribution in [1.29, 1.82) is 0 Å². The number of amides is 2. The standard InChI is InChI=1S/C23H25N3O4/c1-14-5-4-6-16(9-14)11-26-13-23-8-7-18(29-23)19(20(23)22(26)28)21(27)25(3)12-17-10-15(2)30-24-17/h4-10,18-20H,11-13H2,1-3H3/t18-,19-,20+,23-/m0/s1. The zero-order chi connectivity index (χ0) is 21.0. The molecule has 0 unspecified atom stereocenters. The lowest BCUT2D eigenvalue weighted by atomic mass is 9.76. The van der Waals surface area contributed by atoms with E-state index in [9.17, 15) is 9.59 Å². The number of hydrogen-bond donors (Lipinski definition) is 0. The predicted octanol–water partition coefficient (Wildman–Crippen LogP) is 2.23. The Hall–Kier alpha value is -2.93. The summed E-state index contributed by atoms with van der Waals surface area (Å²) in [6.07, 6.45) is 3.58. The van der Waals surface area contributed by atoms with Crippen LogP contribution in [0.4, 0.5) is 0 Å². The van der Waals surface area contributed by atoms with Crippen LogP contribution in [0, 0.1) is 25.7 Å². The lowest BCUT2D eigenvalue weighted by Gasteiger charge is -2.27. The van der Waals surface area contributed by atoms with Gasteiger partial charge in [-0.2, -0.15) is 0 Å². The Kier molecular flexibility index (Phi) is 4.32. The van der Waals surface area contributed by atoms with Gasteiger partial charge in [0.05, 0.1) is 31.0 Å². The maximum Gasteiger partial charge on any atom is 0.230 e. The van der Waals surface area contributed by atoms with Crippen molar-refractivity contribution in [2.45, 2.75) is 38.6 Å². The summed E-state index contributed by atoms with van der Waals surface area (Å²) in [4.78, 5) is 30.1. The Balaban J connectivity index is 1.36. The van der Waals surface area contributed by atoms with Crippen LogP contribution in [-0.4, -0.2) is 52.1 Å². The third-order valence-corrected chi connectivity index (χ3v) is 6.37. The van der Waals surface area contributed by atoms with Crippen LogP contribution in [0.2, 0.25) is 0 Å². The van der Waals surface area contributed by atoms with E-state index in [4.69, 9.17) is 9.26 Å². The number of carbonyl (C=O) groups excluding carboxylic acids is 2. The Morgan fingerprint density at radius 1 is 1.33 bits per heavy atom. The predicted molar refractivity (Wildman–Crippen MR) is 108 cm³/mol. The summed E-state index contributed by atoms with van der Waals surface area (Å²) >= 11 is 0. The molecule has 2 aromatic rings. The highest BCUT2D eigenvalue weighted by molar-refractivity contribution is 5.93. The molecule has 0 aliphatic carbocycles. The summed E-state index contributed by atoms with van der Waals surface area (Å²) in [6, 6.07) is 9.96. The van der Waals surface area contributed by atoms with E-state index in [1.165, 1.54) is 0 Å². The summed E-state index contributed by atoms with van der Waals surface area (Å²) in [5.74, 6) is -0.391. The fourth-order valence-electron chi connectivity index (χ4n) is 5.09. The molecule has 3 aliphatic heterocycles. The first-order valence-corrected chi connectivity index (χ1v) is 10.2. The molecular weight excluding hydrogens is 382 g/mol. The molecule has 0 radical (unpaired) electrons. The van der Waals surface area contributed by atoms with Crippen LogP contribution in [-0.2, 0) is 27.4 Å². The van der Waals surface area contributed by atoms with Crippen LogP contribution in [0.15, 0.2) is 47.0 Å². The van der Waals surface area contributed by atoms with Gasteiger partial charge < -0.3 is 19.1 Å². The van der Waals surface area contributed by atoms with Crippen molar-refractivity contribution in [3.05, 3.63) is 65.1 Å². The molecule has 4 heterocycles. The molecule has 2 fully saturated rings. The highest BCUT2D eigenvalue weighted by atomic mass is 16.5. The Morgan fingerprint density at radius 2 is 2.17 bits per heavy atom. The van der Waals surface area contributed by atoms with Gasteiger partial charge in [-0.25, -0.2) is 0 Å². The van der Waals surface area contributed by atoms with E-state index in [0.29, 0.717) is 31.1 Å². The molecule has 30 heavy (non-hydrogen) atoms. The molecule has 1 aromatic carbocycles. The van der Waals surface area contributed by atoms with E-state index < -0.39 is 17.4 Å².